The monoisotopic (exact) mass is 496 g/mol. The molecule has 32 heavy (non-hydrogen) atoms. The number of nitrogens with one attached hydrogen (secondary N) is 1. The molecular formula is C24H30Cl2N2O3S. The predicted octanol–water partition coefficient (Wildman–Crippen LogP) is 5.57. The Morgan fingerprint density at radius 1 is 1.12 bits per heavy atom. The van der Waals surface area contributed by atoms with E-state index in [0.717, 1.165) is 23.3 Å². The van der Waals surface area contributed by atoms with E-state index in [1.807, 2.05) is 38.1 Å². The smallest absolute Gasteiger partial charge is 0.242 e. The number of carbonyl (C=O) groups is 2. The molecule has 0 saturated heterocycles. The fourth-order valence-corrected chi connectivity index (χ4v) is 4.28. The molecular weight excluding hydrogens is 467 g/mol. The van der Waals surface area contributed by atoms with E-state index in [-0.39, 0.29) is 30.2 Å². The number of hydrogen-bond donors (Lipinski definition) is 1. The molecule has 2 atom stereocenters. The number of ether oxygens (including phenoxy) is 1. The van der Waals surface area contributed by atoms with E-state index in [1.54, 1.807) is 37.1 Å². The van der Waals surface area contributed by atoms with Crippen molar-refractivity contribution in [3.8, 4) is 5.75 Å². The number of methoxy groups -OCH3 is 1. The van der Waals surface area contributed by atoms with Crippen LogP contribution in [0.5, 0.6) is 5.75 Å². The Morgan fingerprint density at radius 2 is 1.81 bits per heavy atom. The minimum atomic E-state index is -0.634. The second-order valence-electron chi connectivity index (χ2n) is 7.59. The summed E-state index contributed by atoms with van der Waals surface area (Å²) in [5, 5.41) is 3.95. The molecule has 0 aliphatic heterocycles. The Bertz CT molecular complexity index is 909. The quantitative estimate of drug-likeness (QED) is 0.441. The summed E-state index contributed by atoms with van der Waals surface area (Å²) in [5.41, 5.74) is 1.84. The maximum atomic E-state index is 13.2. The Hall–Kier alpha value is -1.89. The van der Waals surface area contributed by atoms with Gasteiger partial charge in [0.15, 0.2) is 0 Å². The fraction of sp³-hybridized carbons (Fsp3) is 0.417. The summed E-state index contributed by atoms with van der Waals surface area (Å²) >= 11 is 13.9. The van der Waals surface area contributed by atoms with Crippen LogP contribution in [-0.4, -0.2) is 41.7 Å². The molecule has 0 heterocycles. The minimum absolute atomic E-state index is 0.0328. The third kappa shape index (κ3) is 7.91. The number of thioether (sulfide) groups is 1. The van der Waals surface area contributed by atoms with E-state index < -0.39 is 6.04 Å². The lowest BCUT2D eigenvalue weighted by Crippen LogP contribution is -2.50. The van der Waals surface area contributed by atoms with Gasteiger partial charge in [0.25, 0.3) is 0 Å². The van der Waals surface area contributed by atoms with Crippen molar-refractivity contribution in [3.05, 3.63) is 63.6 Å². The second kappa shape index (κ2) is 13.0. The van der Waals surface area contributed by atoms with E-state index in [1.165, 1.54) is 11.8 Å². The lowest BCUT2D eigenvalue weighted by molar-refractivity contribution is -0.138. The van der Waals surface area contributed by atoms with Crippen molar-refractivity contribution in [3.63, 3.8) is 0 Å². The number of carbonyl (C=O) groups excluding carboxylic acids is 2. The normalized spacial score (nSPS) is 12.7. The number of nitrogens with zero attached hydrogens (tertiary/aromatic N) is 1. The SMILES string of the molecule is CCC(C)NC(=O)C(C)N(Cc1ccc(Cl)cc1Cl)C(=O)CSCc1ccc(OC)cc1. The summed E-state index contributed by atoms with van der Waals surface area (Å²) in [6.07, 6.45) is 0.813. The van der Waals surface area contributed by atoms with Crippen LogP contribution in [0.4, 0.5) is 0 Å². The fourth-order valence-electron chi connectivity index (χ4n) is 2.94. The molecule has 2 aromatic carbocycles. The van der Waals surface area contributed by atoms with E-state index in [2.05, 4.69) is 5.32 Å². The molecule has 5 nitrogen and oxygen atoms in total. The number of halogens is 2. The second-order valence-corrected chi connectivity index (χ2v) is 9.42. The van der Waals surface area contributed by atoms with Gasteiger partial charge in [0.1, 0.15) is 11.8 Å². The van der Waals surface area contributed by atoms with Crippen molar-refractivity contribution in [2.45, 2.75) is 51.6 Å². The Morgan fingerprint density at radius 3 is 2.41 bits per heavy atom. The van der Waals surface area contributed by atoms with Gasteiger partial charge in [-0.2, -0.15) is 0 Å². The minimum Gasteiger partial charge on any atom is -0.497 e. The van der Waals surface area contributed by atoms with Crippen LogP contribution in [0, 0.1) is 0 Å². The van der Waals surface area contributed by atoms with Gasteiger partial charge in [-0.3, -0.25) is 9.59 Å². The molecule has 0 fully saturated rings. The number of rotatable bonds is 11. The molecule has 0 radical (unpaired) electrons. The van der Waals surface area contributed by atoms with Gasteiger partial charge in [0, 0.05) is 28.4 Å². The summed E-state index contributed by atoms with van der Waals surface area (Å²) in [5.74, 6) is 1.41. The summed E-state index contributed by atoms with van der Waals surface area (Å²) < 4.78 is 5.18. The lowest BCUT2D eigenvalue weighted by atomic mass is 10.1. The summed E-state index contributed by atoms with van der Waals surface area (Å²) in [4.78, 5) is 27.5. The first-order valence-electron chi connectivity index (χ1n) is 10.5. The third-order valence-electron chi connectivity index (χ3n) is 5.18. The molecule has 2 rings (SSSR count). The van der Waals surface area contributed by atoms with Gasteiger partial charge < -0.3 is 15.0 Å². The third-order valence-corrected chi connectivity index (χ3v) is 6.75. The van der Waals surface area contributed by atoms with Gasteiger partial charge in [-0.25, -0.2) is 0 Å². The van der Waals surface area contributed by atoms with E-state index in [9.17, 15) is 9.59 Å². The molecule has 0 aliphatic rings. The molecule has 0 aromatic heterocycles. The average molecular weight is 497 g/mol. The van der Waals surface area contributed by atoms with Crippen LogP contribution >= 0.6 is 35.0 Å². The first-order valence-corrected chi connectivity index (χ1v) is 12.4. The molecule has 2 unspecified atom stereocenters. The zero-order chi connectivity index (χ0) is 23.7. The van der Waals surface area contributed by atoms with E-state index in [0.29, 0.717) is 15.8 Å². The van der Waals surface area contributed by atoms with Crippen molar-refractivity contribution < 1.29 is 14.3 Å². The Labute approximate surface area is 204 Å². The van der Waals surface area contributed by atoms with Crippen LogP contribution < -0.4 is 10.1 Å². The molecule has 0 spiro atoms. The molecule has 0 aliphatic carbocycles. The summed E-state index contributed by atoms with van der Waals surface area (Å²) in [7, 11) is 1.63. The first kappa shape index (κ1) is 26.4. The Kier molecular flexibility index (Phi) is 10.7. The van der Waals surface area contributed by atoms with Gasteiger partial charge >= 0.3 is 0 Å². The number of amides is 2. The van der Waals surface area contributed by atoms with Crippen LogP contribution in [0.3, 0.4) is 0 Å². The zero-order valence-corrected chi connectivity index (χ0v) is 21.2. The largest absolute Gasteiger partial charge is 0.497 e. The number of hydrogen-bond acceptors (Lipinski definition) is 4. The molecule has 174 valence electrons. The summed E-state index contributed by atoms with van der Waals surface area (Å²) in [6.45, 7) is 5.92. The van der Waals surface area contributed by atoms with Gasteiger partial charge in [-0.05, 0) is 55.7 Å². The van der Waals surface area contributed by atoms with Gasteiger partial charge in [0.05, 0.1) is 12.9 Å². The first-order chi connectivity index (χ1) is 15.2. The van der Waals surface area contributed by atoms with E-state index >= 15 is 0 Å². The van der Waals surface area contributed by atoms with Crippen molar-refractivity contribution in [1.29, 1.82) is 0 Å². The number of benzene rings is 2. The molecule has 8 heteroatoms. The zero-order valence-electron chi connectivity index (χ0n) is 18.9. The van der Waals surface area contributed by atoms with Gasteiger partial charge in [-0.1, -0.05) is 48.3 Å². The van der Waals surface area contributed by atoms with E-state index in [4.69, 9.17) is 27.9 Å². The molecule has 2 aromatic rings. The molecule has 0 bridgehead atoms. The van der Waals surface area contributed by atoms with Crippen LogP contribution in [0.25, 0.3) is 0 Å². The highest BCUT2D eigenvalue weighted by molar-refractivity contribution is 7.99. The molecule has 0 saturated carbocycles. The highest BCUT2D eigenvalue weighted by Crippen LogP contribution is 2.24. The van der Waals surface area contributed by atoms with Crippen LogP contribution in [-0.2, 0) is 21.9 Å². The molecule has 1 N–H and O–H groups in total. The van der Waals surface area contributed by atoms with Crippen molar-refractivity contribution in [2.75, 3.05) is 12.9 Å². The highest BCUT2D eigenvalue weighted by Gasteiger charge is 2.27. The van der Waals surface area contributed by atoms with Crippen molar-refractivity contribution in [1.82, 2.24) is 10.2 Å². The lowest BCUT2D eigenvalue weighted by Gasteiger charge is -2.30. The van der Waals surface area contributed by atoms with Gasteiger partial charge in [-0.15, -0.1) is 11.8 Å². The van der Waals surface area contributed by atoms with Gasteiger partial charge in [0.2, 0.25) is 11.8 Å². The Balaban J connectivity index is 2.10. The average Bonchev–Trinajstić information content (AvgIpc) is 2.78. The van der Waals surface area contributed by atoms with Crippen LogP contribution in [0.2, 0.25) is 10.0 Å². The van der Waals surface area contributed by atoms with Crippen LogP contribution in [0.1, 0.15) is 38.3 Å². The van der Waals surface area contributed by atoms with Crippen molar-refractivity contribution >= 4 is 46.8 Å². The standard InChI is InChI=1S/C24H30Cl2N2O3S/c1-5-16(2)27-24(30)17(3)28(13-19-8-9-20(25)12-22(19)26)23(29)15-32-14-18-6-10-21(31-4)11-7-18/h6-12,16-17H,5,13-15H2,1-4H3,(H,27,30). The van der Waals surface area contributed by atoms with Crippen molar-refractivity contribution in [2.24, 2.45) is 0 Å². The van der Waals surface area contributed by atoms with Crippen LogP contribution in [0.15, 0.2) is 42.5 Å². The molecule has 2 amide bonds. The summed E-state index contributed by atoms with van der Waals surface area (Å²) in [6, 6.07) is 12.3. The topological polar surface area (TPSA) is 58.6 Å². The predicted molar refractivity (Wildman–Crippen MR) is 134 cm³/mol. The maximum absolute atomic E-state index is 13.2. The maximum Gasteiger partial charge on any atom is 0.242 e. The highest BCUT2D eigenvalue weighted by atomic mass is 35.5.